The Hall–Kier alpha value is -3.59. The molecule has 0 radical (unpaired) electrons. The number of aliphatic hydroxyl groups excluding tert-OH is 1. The third-order valence-corrected chi connectivity index (χ3v) is 5.73. The van der Waals surface area contributed by atoms with Crippen LogP contribution in [0.5, 0.6) is 23.0 Å². The van der Waals surface area contributed by atoms with Gasteiger partial charge >= 0.3 is 5.97 Å². The fourth-order valence-electron chi connectivity index (χ4n) is 3.06. The topological polar surface area (TPSA) is 95.8 Å². The van der Waals surface area contributed by atoms with Gasteiger partial charge in [-0.15, -0.1) is 0 Å². The van der Waals surface area contributed by atoms with Crippen LogP contribution in [0.15, 0.2) is 57.6 Å². The second-order valence-electron chi connectivity index (χ2n) is 6.62. The lowest BCUT2D eigenvalue weighted by molar-refractivity contribution is -0.138. The number of carbonyl (C=O) groups is 1. The molecule has 0 unspecified atom stereocenters. The van der Waals surface area contributed by atoms with Gasteiger partial charge in [-0.25, -0.2) is 9.79 Å². The molecule has 1 aliphatic rings. The van der Waals surface area contributed by atoms with Crippen LogP contribution >= 0.6 is 11.8 Å². The second kappa shape index (κ2) is 10.8. The van der Waals surface area contributed by atoms with Gasteiger partial charge in [0.1, 0.15) is 45.1 Å². The summed E-state index contributed by atoms with van der Waals surface area (Å²) in [6.45, 7) is 1.85. The predicted molar refractivity (Wildman–Crippen MR) is 128 cm³/mol. The van der Waals surface area contributed by atoms with E-state index >= 15 is 0 Å². The lowest BCUT2D eigenvalue weighted by Gasteiger charge is -2.09. The first-order valence-corrected chi connectivity index (χ1v) is 10.8. The van der Waals surface area contributed by atoms with Crippen LogP contribution in [0, 0.1) is 0 Å². The highest BCUT2D eigenvalue weighted by molar-refractivity contribution is 8.18. The van der Waals surface area contributed by atoms with Crippen molar-refractivity contribution in [2.24, 2.45) is 4.99 Å². The van der Waals surface area contributed by atoms with Gasteiger partial charge in [-0.05, 0) is 37.3 Å². The highest BCUT2D eigenvalue weighted by Gasteiger charge is 2.33. The van der Waals surface area contributed by atoms with E-state index in [-0.39, 0.29) is 23.0 Å². The van der Waals surface area contributed by atoms with Crippen molar-refractivity contribution in [3.8, 4) is 23.0 Å². The third kappa shape index (κ3) is 5.25. The fourth-order valence-corrected chi connectivity index (χ4v) is 4.08. The zero-order valence-corrected chi connectivity index (χ0v) is 19.8. The van der Waals surface area contributed by atoms with Crippen molar-refractivity contribution in [3.63, 3.8) is 0 Å². The molecule has 2 aromatic rings. The minimum atomic E-state index is -0.668. The van der Waals surface area contributed by atoms with Crippen LogP contribution in [0.25, 0.3) is 6.08 Å². The van der Waals surface area contributed by atoms with Crippen LogP contribution in [0.4, 0.5) is 5.69 Å². The van der Waals surface area contributed by atoms with Crippen LogP contribution in [-0.4, -0.2) is 51.2 Å². The summed E-state index contributed by atoms with van der Waals surface area (Å²) in [5, 5.41) is 11.2. The SMILES string of the molecule is CCOC(=O)C1=C(O)/C(=C\c2ccc(OC)cc2OC)SC1=Nc1ccc(OC)cc1OC. The quantitative estimate of drug-likeness (QED) is 0.543. The van der Waals surface area contributed by atoms with E-state index in [0.717, 1.165) is 11.8 Å². The van der Waals surface area contributed by atoms with E-state index in [0.29, 0.717) is 39.2 Å². The molecule has 0 saturated carbocycles. The van der Waals surface area contributed by atoms with Crippen LogP contribution in [0.3, 0.4) is 0 Å². The van der Waals surface area contributed by atoms with Gasteiger partial charge < -0.3 is 28.8 Å². The van der Waals surface area contributed by atoms with E-state index in [4.69, 9.17) is 23.7 Å². The molecule has 0 aliphatic carbocycles. The van der Waals surface area contributed by atoms with Crippen molar-refractivity contribution in [2.45, 2.75) is 6.92 Å². The minimum Gasteiger partial charge on any atom is -0.506 e. The molecule has 174 valence electrons. The summed E-state index contributed by atoms with van der Waals surface area (Å²) < 4.78 is 26.5. The number of thioether (sulfide) groups is 1. The summed E-state index contributed by atoms with van der Waals surface area (Å²) in [6, 6.07) is 10.4. The van der Waals surface area contributed by atoms with Crippen molar-refractivity contribution in [2.75, 3.05) is 35.0 Å². The maximum absolute atomic E-state index is 12.7. The maximum Gasteiger partial charge on any atom is 0.344 e. The molecule has 0 saturated heterocycles. The van der Waals surface area contributed by atoms with Gasteiger partial charge in [-0.1, -0.05) is 11.8 Å². The number of carbonyl (C=O) groups excluding carboxylic acids is 1. The number of aliphatic hydroxyl groups is 1. The molecule has 1 heterocycles. The summed E-state index contributed by atoms with van der Waals surface area (Å²) in [6.07, 6.45) is 1.71. The molecule has 8 nitrogen and oxygen atoms in total. The Balaban J connectivity index is 2.10. The Bertz CT molecular complexity index is 1140. The molecule has 1 N–H and O–H groups in total. The van der Waals surface area contributed by atoms with Crippen molar-refractivity contribution in [3.05, 3.63) is 58.2 Å². The van der Waals surface area contributed by atoms with E-state index in [9.17, 15) is 9.90 Å². The molecule has 9 heteroatoms. The van der Waals surface area contributed by atoms with Gasteiger partial charge in [0.25, 0.3) is 0 Å². The largest absolute Gasteiger partial charge is 0.506 e. The normalized spacial score (nSPS) is 15.7. The molecule has 0 atom stereocenters. The van der Waals surface area contributed by atoms with Crippen molar-refractivity contribution >= 4 is 34.5 Å². The predicted octanol–water partition coefficient (Wildman–Crippen LogP) is 4.91. The van der Waals surface area contributed by atoms with Crippen LogP contribution in [-0.2, 0) is 9.53 Å². The fraction of sp³-hybridized carbons (Fsp3) is 0.250. The molecule has 2 aromatic carbocycles. The smallest absolute Gasteiger partial charge is 0.344 e. The maximum atomic E-state index is 12.7. The Morgan fingerprint density at radius 2 is 1.61 bits per heavy atom. The Labute approximate surface area is 196 Å². The van der Waals surface area contributed by atoms with E-state index in [1.54, 1.807) is 70.7 Å². The van der Waals surface area contributed by atoms with Gasteiger partial charge in [0.05, 0.1) is 40.0 Å². The molecule has 3 rings (SSSR count). The number of esters is 1. The van der Waals surface area contributed by atoms with Gasteiger partial charge in [0, 0.05) is 17.7 Å². The summed E-state index contributed by atoms with van der Waals surface area (Å²) in [5.41, 5.74) is 1.15. The standard InChI is InChI=1S/C24H25NO7S/c1-6-32-24(27)21-22(26)20(11-14-7-8-15(28-2)12-18(14)30-4)33-23(21)25-17-10-9-16(29-3)13-19(17)31-5/h7-13,26H,6H2,1-5H3/b20-11+,25-23?. The van der Waals surface area contributed by atoms with Crippen molar-refractivity contribution in [1.29, 1.82) is 0 Å². The average molecular weight is 472 g/mol. The number of benzene rings is 2. The van der Waals surface area contributed by atoms with E-state index < -0.39 is 5.97 Å². The molecule has 0 aromatic heterocycles. The highest BCUT2D eigenvalue weighted by Crippen LogP contribution is 2.43. The molecular weight excluding hydrogens is 446 g/mol. The first-order chi connectivity index (χ1) is 15.9. The van der Waals surface area contributed by atoms with Crippen LogP contribution in [0.1, 0.15) is 12.5 Å². The molecule has 1 aliphatic heterocycles. The number of ether oxygens (including phenoxy) is 5. The number of methoxy groups -OCH3 is 4. The molecular formula is C24H25NO7S. The molecule has 0 bridgehead atoms. The summed E-state index contributed by atoms with van der Waals surface area (Å²) in [4.78, 5) is 17.7. The van der Waals surface area contributed by atoms with Gasteiger partial charge in [-0.3, -0.25) is 0 Å². The second-order valence-corrected chi connectivity index (χ2v) is 7.65. The third-order valence-electron chi connectivity index (χ3n) is 4.71. The number of hydrogen-bond donors (Lipinski definition) is 1. The molecule has 0 spiro atoms. The molecule has 33 heavy (non-hydrogen) atoms. The van der Waals surface area contributed by atoms with Crippen molar-refractivity contribution in [1.82, 2.24) is 0 Å². The lowest BCUT2D eigenvalue weighted by atomic mass is 10.1. The van der Waals surface area contributed by atoms with Gasteiger partial charge in [0.2, 0.25) is 0 Å². The first kappa shape index (κ1) is 24.1. The zero-order valence-electron chi connectivity index (χ0n) is 19.0. The number of nitrogens with zero attached hydrogens (tertiary/aromatic N) is 1. The van der Waals surface area contributed by atoms with Crippen LogP contribution < -0.4 is 18.9 Å². The average Bonchev–Trinajstić information content (AvgIpc) is 3.14. The summed E-state index contributed by atoms with van der Waals surface area (Å²) in [7, 11) is 6.18. The molecule has 0 fully saturated rings. The van der Waals surface area contributed by atoms with Gasteiger partial charge in [0.15, 0.2) is 0 Å². The first-order valence-electron chi connectivity index (χ1n) is 9.99. The molecule has 0 amide bonds. The monoisotopic (exact) mass is 471 g/mol. The Morgan fingerprint density at radius 1 is 0.970 bits per heavy atom. The lowest BCUT2D eigenvalue weighted by Crippen LogP contribution is -2.12. The van der Waals surface area contributed by atoms with E-state index in [1.165, 1.54) is 7.11 Å². The zero-order chi connectivity index (χ0) is 24.0. The van der Waals surface area contributed by atoms with Crippen molar-refractivity contribution < 1.29 is 33.6 Å². The Kier molecular flexibility index (Phi) is 7.89. The van der Waals surface area contributed by atoms with Crippen LogP contribution in [0.2, 0.25) is 0 Å². The number of aliphatic imine (C=N–C) groups is 1. The van der Waals surface area contributed by atoms with E-state index in [1.807, 2.05) is 0 Å². The summed E-state index contributed by atoms with van der Waals surface area (Å²) in [5.74, 6) is 1.36. The van der Waals surface area contributed by atoms with Gasteiger partial charge in [-0.2, -0.15) is 0 Å². The number of hydrogen-bond acceptors (Lipinski definition) is 9. The minimum absolute atomic E-state index is 0.0153. The Morgan fingerprint density at radius 3 is 2.21 bits per heavy atom. The highest BCUT2D eigenvalue weighted by atomic mass is 32.2. The number of rotatable bonds is 8. The summed E-state index contributed by atoms with van der Waals surface area (Å²) >= 11 is 1.14. The van der Waals surface area contributed by atoms with E-state index in [2.05, 4.69) is 4.99 Å².